The molecule has 1 N–H and O–H groups in total. The van der Waals surface area contributed by atoms with E-state index < -0.39 is 17.1 Å². The summed E-state index contributed by atoms with van der Waals surface area (Å²) < 4.78 is 5.49. The summed E-state index contributed by atoms with van der Waals surface area (Å²) >= 11 is 5.89. The standard InChI is InChI=1S/C11H12ClNO4/c12-7-3-1-4-8(13(15)16)11(7)17-10-6-2-5-9(10)14/h1,3-4,9-10,14H,2,5-6H2/t9-,10-/m0/s1. The van der Waals surface area contributed by atoms with Crippen LogP contribution in [-0.4, -0.2) is 22.2 Å². The van der Waals surface area contributed by atoms with E-state index in [9.17, 15) is 15.2 Å². The first-order valence-electron chi connectivity index (χ1n) is 5.37. The average molecular weight is 258 g/mol. The molecule has 5 nitrogen and oxygen atoms in total. The van der Waals surface area contributed by atoms with Crippen LogP contribution in [0.15, 0.2) is 18.2 Å². The Morgan fingerprint density at radius 1 is 1.47 bits per heavy atom. The second-order valence-corrected chi connectivity index (χ2v) is 4.41. The van der Waals surface area contributed by atoms with Crippen LogP contribution in [0.5, 0.6) is 5.75 Å². The first-order valence-corrected chi connectivity index (χ1v) is 5.75. The van der Waals surface area contributed by atoms with E-state index in [0.29, 0.717) is 12.8 Å². The van der Waals surface area contributed by atoms with Crippen molar-refractivity contribution in [2.75, 3.05) is 0 Å². The third kappa shape index (κ3) is 2.50. The topological polar surface area (TPSA) is 72.6 Å². The minimum atomic E-state index is -0.578. The van der Waals surface area contributed by atoms with Crippen molar-refractivity contribution in [2.24, 2.45) is 0 Å². The summed E-state index contributed by atoms with van der Waals surface area (Å²) in [4.78, 5) is 10.3. The highest BCUT2D eigenvalue weighted by molar-refractivity contribution is 6.32. The lowest BCUT2D eigenvalue weighted by Gasteiger charge is -2.17. The maximum absolute atomic E-state index is 10.8. The summed E-state index contributed by atoms with van der Waals surface area (Å²) in [6, 6.07) is 4.37. The fourth-order valence-corrected chi connectivity index (χ4v) is 2.17. The molecular weight excluding hydrogens is 246 g/mol. The van der Waals surface area contributed by atoms with Gasteiger partial charge in [0.1, 0.15) is 6.10 Å². The van der Waals surface area contributed by atoms with E-state index in [1.54, 1.807) is 0 Å². The maximum Gasteiger partial charge on any atom is 0.312 e. The van der Waals surface area contributed by atoms with Crippen LogP contribution < -0.4 is 4.74 Å². The number of nitro benzene ring substituents is 1. The molecule has 1 fully saturated rings. The van der Waals surface area contributed by atoms with Crippen LogP contribution in [0.3, 0.4) is 0 Å². The Morgan fingerprint density at radius 3 is 2.82 bits per heavy atom. The number of aliphatic hydroxyl groups is 1. The van der Waals surface area contributed by atoms with Crippen molar-refractivity contribution in [1.29, 1.82) is 0 Å². The molecule has 0 amide bonds. The van der Waals surface area contributed by atoms with E-state index in [0.717, 1.165) is 6.42 Å². The van der Waals surface area contributed by atoms with Crippen LogP contribution in [0.1, 0.15) is 19.3 Å². The summed E-state index contributed by atoms with van der Waals surface area (Å²) in [7, 11) is 0. The predicted molar refractivity (Wildman–Crippen MR) is 62.4 cm³/mol. The number of nitrogens with zero attached hydrogens (tertiary/aromatic N) is 1. The molecule has 17 heavy (non-hydrogen) atoms. The van der Waals surface area contributed by atoms with Gasteiger partial charge in [-0.05, 0) is 25.3 Å². The molecule has 1 aromatic rings. The largest absolute Gasteiger partial charge is 0.480 e. The summed E-state index contributed by atoms with van der Waals surface area (Å²) in [6.07, 6.45) is 1.20. The Bertz CT molecular complexity index is 437. The molecule has 0 heterocycles. The van der Waals surface area contributed by atoms with E-state index >= 15 is 0 Å². The summed E-state index contributed by atoms with van der Waals surface area (Å²) in [5.41, 5.74) is -0.170. The summed E-state index contributed by atoms with van der Waals surface area (Å²) in [6.45, 7) is 0. The van der Waals surface area contributed by atoms with E-state index in [-0.39, 0.29) is 16.5 Å². The average Bonchev–Trinajstić information content (AvgIpc) is 2.67. The van der Waals surface area contributed by atoms with Gasteiger partial charge in [0.15, 0.2) is 0 Å². The Balaban J connectivity index is 2.27. The van der Waals surface area contributed by atoms with Crippen LogP contribution in [0, 0.1) is 10.1 Å². The lowest BCUT2D eigenvalue weighted by atomic mass is 10.2. The quantitative estimate of drug-likeness (QED) is 0.667. The molecule has 0 spiro atoms. The molecule has 1 saturated carbocycles. The van der Waals surface area contributed by atoms with Crippen molar-refractivity contribution in [2.45, 2.75) is 31.5 Å². The fraction of sp³-hybridized carbons (Fsp3) is 0.455. The molecule has 1 aromatic carbocycles. The third-order valence-electron chi connectivity index (χ3n) is 2.83. The second kappa shape index (κ2) is 4.89. The highest BCUT2D eigenvalue weighted by Gasteiger charge is 2.30. The number of benzene rings is 1. The zero-order chi connectivity index (χ0) is 12.4. The van der Waals surface area contributed by atoms with Crippen molar-refractivity contribution in [1.82, 2.24) is 0 Å². The molecule has 1 aliphatic carbocycles. The number of aliphatic hydroxyl groups excluding tert-OH is 1. The molecule has 0 radical (unpaired) electrons. The molecule has 0 aliphatic heterocycles. The SMILES string of the molecule is O=[N+]([O-])c1cccc(Cl)c1O[C@H]1CCC[C@@H]1O. The van der Waals surface area contributed by atoms with Crippen LogP contribution in [0.4, 0.5) is 5.69 Å². The minimum absolute atomic E-state index is 0.0464. The maximum atomic E-state index is 10.8. The smallest absolute Gasteiger partial charge is 0.312 e. The van der Waals surface area contributed by atoms with E-state index in [1.807, 2.05) is 0 Å². The normalized spacial score (nSPS) is 23.6. The van der Waals surface area contributed by atoms with Gasteiger partial charge in [-0.1, -0.05) is 17.7 Å². The number of halogens is 1. The second-order valence-electron chi connectivity index (χ2n) is 4.00. The highest BCUT2D eigenvalue weighted by atomic mass is 35.5. The molecule has 0 unspecified atom stereocenters. The molecule has 2 atom stereocenters. The van der Waals surface area contributed by atoms with Gasteiger partial charge in [0.25, 0.3) is 0 Å². The molecular formula is C11H12ClNO4. The van der Waals surface area contributed by atoms with E-state index in [4.69, 9.17) is 16.3 Å². The molecule has 0 saturated heterocycles. The Hall–Kier alpha value is -1.33. The summed E-state index contributed by atoms with van der Waals surface area (Å²) in [5, 5.41) is 20.7. The monoisotopic (exact) mass is 257 g/mol. The molecule has 6 heteroatoms. The number of rotatable bonds is 3. The van der Waals surface area contributed by atoms with E-state index in [1.165, 1.54) is 18.2 Å². The Morgan fingerprint density at radius 2 is 2.24 bits per heavy atom. The van der Waals surface area contributed by atoms with Crippen molar-refractivity contribution >= 4 is 17.3 Å². The first kappa shape index (κ1) is 12.1. The lowest BCUT2D eigenvalue weighted by molar-refractivity contribution is -0.386. The van der Waals surface area contributed by atoms with Crippen LogP contribution in [-0.2, 0) is 0 Å². The Labute approximate surface area is 103 Å². The van der Waals surface area contributed by atoms with Crippen molar-refractivity contribution in [3.63, 3.8) is 0 Å². The van der Waals surface area contributed by atoms with Crippen molar-refractivity contribution in [3.05, 3.63) is 33.3 Å². The van der Waals surface area contributed by atoms with Gasteiger partial charge < -0.3 is 9.84 Å². The highest BCUT2D eigenvalue weighted by Crippen LogP contribution is 2.37. The Kier molecular flexibility index (Phi) is 3.49. The minimum Gasteiger partial charge on any atom is -0.480 e. The molecule has 2 rings (SSSR count). The van der Waals surface area contributed by atoms with Gasteiger partial charge in [0.05, 0.1) is 16.0 Å². The number of para-hydroxylation sites is 1. The number of hydrogen-bond acceptors (Lipinski definition) is 4. The van der Waals surface area contributed by atoms with Gasteiger partial charge in [-0.2, -0.15) is 0 Å². The van der Waals surface area contributed by atoms with Gasteiger partial charge in [-0.3, -0.25) is 10.1 Å². The number of nitro groups is 1. The fourth-order valence-electron chi connectivity index (χ4n) is 1.95. The van der Waals surface area contributed by atoms with E-state index in [2.05, 4.69) is 0 Å². The molecule has 0 aromatic heterocycles. The van der Waals surface area contributed by atoms with Crippen LogP contribution >= 0.6 is 11.6 Å². The van der Waals surface area contributed by atoms with Gasteiger partial charge in [0, 0.05) is 6.07 Å². The summed E-state index contributed by atoms with van der Waals surface area (Å²) in [5.74, 6) is 0.0464. The first-order chi connectivity index (χ1) is 8.09. The molecule has 1 aliphatic rings. The molecule has 0 bridgehead atoms. The third-order valence-corrected chi connectivity index (χ3v) is 3.13. The predicted octanol–water partition coefficient (Wildman–Crippen LogP) is 2.54. The van der Waals surface area contributed by atoms with Crippen LogP contribution in [0.25, 0.3) is 0 Å². The number of ether oxygens (including phenoxy) is 1. The zero-order valence-corrected chi connectivity index (χ0v) is 9.76. The number of hydrogen-bond donors (Lipinski definition) is 1. The lowest BCUT2D eigenvalue weighted by Crippen LogP contribution is -2.26. The van der Waals surface area contributed by atoms with Gasteiger partial charge in [0.2, 0.25) is 5.75 Å². The molecule has 92 valence electrons. The van der Waals surface area contributed by atoms with Gasteiger partial charge in [-0.15, -0.1) is 0 Å². The van der Waals surface area contributed by atoms with Gasteiger partial charge >= 0.3 is 5.69 Å². The van der Waals surface area contributed by atoms with Crippen molar-refractivity contribution in [3.8, 4) is 5.75 Å². The van der Waals surface area contributed by atoms with Crippen molar-refractivity contribution < 1.29 is 14.8 Å². The van der Waals surface area contributed by atoms with Crippen LogP contribution in [0.2, 0.25) is 5.02 Å². The zero-order valence-electron chi connectivity index (χ0n) is 9.01. The van der Waals surface area contributed by atoms with Gasteiger partial charge in [-0.25, -0.2) is 0 Å².